The van der Waals surface area contributed by atoms with Crippen LogP contribution in [0.3, 0.4) is 0 Å². The third-order valence-electron chi connectivity index (χ3n) is 3.60. The van der Waals surface area contributed by atoms with Gasteiger partial charge in [0.15, 0.2) is 0 Å². The summed E-state index contributed by atoms with van der Waals surface area (Å²) in [4.78, 5) is 11.8. The van der Waals surface area contributed by atoms with Crippen molar-refractivity contribution in [3.63, 3.8) is 0 Å². The van der Waals surface area contributed by atoms with Crippen molar-refractivity contribution in [2.75, 3.05) is 6.54 Å². The van der Waals surface area contributed by atoms with E-state index in [1.165, 1.54) is 32.1 Å². The monoisotopic (exact) mass is 226 g/mol. The van der Waals surface area contributed by atoms with Crippen LogP contribution in [0.5, 0.6) is 0 Å². The van der Waals surface area contributed by atoms with Crippen molar-refractivity contribution in [3.05, 3.63) is 0 Å². The van der Waals surface area contributed by atoms with Gasteiger partial charge in [0.1, 0.15) is 0 Å². The summed E-state index contributed by atoms with van der Waals surface area (Å²) >= 11 is 0. The van der Waals surface area contributed by atoms with Crippen LogP contribution in [-0.2, 0) is 4.79 Å². The van der Waals surface area contributed by atoms with E-state index in [2.05, 4.69) is 5.32 Å². The lowest BCUT2D eigenvalue weighted by molar-refractivity contribution is -0.125. The number of rotatable bonds is 5. The average molecular weight is 226 g/mol. The number of carbonyl (C=O) groups excluding carboxylic acids is 1. The predicted octanol–water partition coefficient (Wildman–Crippen LogP) is 2.06. The Balaban J connectivity index is 2.27. The third kappa shape index (κ3) is 4.52. The first-order chi connectivity index (χ1) is 7.63. The summed E-state index contributed by atoms with van der Waals surface area (Å²) in [6, 6.07) is 0.0984. The maximum atomic E-state index is 11.8. The Morgan fingerprint density at radius 2 is 1.94 bits per heavy atom. The molecule has 1 aliphatic rings. The van der Waals surface area contributed by atoms with E-state index in [4.69, 9.17) is 5.73 Å². The highest BCUT2D eigenvalue weighted by Crippen LogP contribution is 2.28. The van der Waals surface area contributed by atoms with Gasteiger partial charge in [-0.2, -0.15) is 0 Å². The highest BCUT2D eigenvalue weighted by Gasteiger charge is 2.21. The molecule has 1 amide bonds. The van der Waals surface area contributed by atoms with Crippen LogP contribution in [0.25, 0.3) is 0 Å². The maximum Gasteiger partial charge on any atom is 0.223 e. The molecular formula is C13H26N2O. The molecule has 0 radical (unpaired) electrons. The number of nitrogens with one attached hydrogen (secondary N) is 1. The Labute approximate surface area is 99.2 Å². The molecule has 1 aliphatic carbocycles. The molecule has 1 rings (SSSR count). The molecule has 3 N–H and O–H groups in total. The predicted molar refractivity (Wildman–Crippen MR) is 67.0 cm³/mol. The quantitative estimate of drug-likeness (QED) is 0.754. The lowest BCUT2D eigenvalue weighted by atomic mass is 9.83. The Kier molecular flexibility index (Phi) is 5.81. The minimum atomic E-state index is 0.0984. The van der Waals surface area contributed by atoms with Crippen molar-refractivity contribution in [1.82, 2.24) is 5.32 Å². The highest BCUT2D eigenvalue weighted by molar-refractivity contribution is 5.78. The summed E-state index contributed by atoms with van der Waals surface area (Å²) in [6.07, 6.45) is 7.73. The molecule has 0 heterocycles. The first kappa shape index (κ1) is 13.5. The van der Waals surface area contributed by atoms with Gasteiger partial charge in [0.2, 0.25) is 5.91 Å². The first-order valence-corrected chi connectivity index (χ1v) is 6.64. The number of hydrogen-bond acceptors (Lipinski definition) is 2. The standard InChI is InChI=1S/C13H26N2O/c1-10(13(16)15-11(2)9-14)8-12-6-4-3-5-7-12/h10-12H,3-9,14H2,1-2H3,(H,15,16)/t10?,11-/m0/s1. The second-order valence-electron chi connectivity index (χ2n) is 5.29. The number of carbonyl (C=O) groups is 1. The van der Waals surface area contributed by atoms with Crippen LogP contribution in [0.2, 0.25) is 0 Å². The number of nitrogens with two attached hydrogens (primary N) is 1. The van der Waals surface area contributed by atoms with Crippen LogP contribution in [0.1, 0.15) is 52.4 Å². The zero-order valence-corrected chi connectivity index (χ0v) is 10.7. The van der Waals surface area contributed by atoms with Gasteiger partial charge in [0, 0.05) is 18.5 Å². The van der Waals surface area contributed by atoms with Crippen molar-refractivity contribution in [2.45, 2.75) is 58.4 Å². The highest BCUT2D eigenvalue weighted by atomic mass is 16.1. The minimum Gasteiger partial charge on any atom is -0.352 e. The Hall–Kier alpha value is -0.570. The van der Waals surface area contributed by atoms with Crippen molar-refractivity contribution >= 4 is 5.91 Å². The lowest BCUT2D eigenvalue weighted by Gasteiger charge is -2.24. The van der Waals surface area contributed by atoms with E-state index in [-0.39, 0.29) is 17.9 Å². The molecule has 0 bridgehead atoms. The van der Waals surface area contributed by atoms with Crippen LogP contribution in [0.15, 0.2) is 0 Å². The largest absolute Gasteiger partial charge is 0.352 e. The molecule has 3 heteroatoms. The number of amides is 1. The van der Waals surface area contributed by atoms with Crippen LogP contribution in [0, 0.1) is 11.8 Å². The van der Waals surface area contributed by atoms with E-state index in [0.29, 0.717) is 6.54 Å². The Morgan fingerprint density at radius 3 is 2.50 bits per heavy atom. The summed E-state index contributed by atoms with van der Waals surface area (Å²) in [6.45, 7) is 4.50. The van der Waals surface area contributed by atoms with Gasteiger partial charge in [0.25, 0.3) is 0 Å². The molecule has 1 saturated carbocycles. The third-order valence-corrected chi connectivity index (χ3v) is 3.60. The summed E-state index contributed by atoms with van der Waals surface area (Å²) in [7, 11) is 0. The molecule has 16 heavy (non-hydrogen) atoms. The SMILES string of the molecule is CC(CC1CCCCC1)C(=O)N[C@@H](C)CN. The number of hydrogen-bond donors (Lipinski definition) is 2. The normalized spacial score (nSPS) is 21.4. The van der Waals surface area contributed by atoms with Crippen molar-refractivity contribution in [2.24, 2.45) is 17.6 Å². The van der Waals surface area contributed by atoms with Gasteiger partial charge in [-0.3, -0.25) is 4.79 Å². The van der Waals surface area contributed by atoms with Gasteiger partial charge in [0.05, 0.1) is 0 Å². The van der Waals surface area contributed by atoms with Crippen LogP contribution in [-0.4, -0.2) is 18.5 Å². The summed E-state index contributed by atoms with van der Waals surface area (Å²) in [5, 5.41) is 2.95. The fraction of sp³-hybridized carbons (Fsp3) is 0.923. The smallest absolute Gasteiger partial charge is 0.223 e. The van der Waals surface area contributed by atoms with Crippen LogP contribution in [0.4, 0.5) is 0 Å². The molecule has 1 unspecified atom stereocenters. The molecule has 2 atom stereocenters. The van der Waals surface area contributed by atoms with Gasteiger partial charge in [-0.05, 0) is 19.3 Å². The zero-order valence-electron chi connectivity index (χ0n) is 10.7. The summed E-state index contributed by atoms with van der Waals surface area (Å²) in [5.74, 6) is 1.07. The topological polar surface area (TPSA) is 55.1 Å². The van der Waals surface area contributed by atoms with E-state index in [1.807, 2.05) is 13.8 Å². The van der Waals surface area contributed by atoms with Gasteiger partial charge >= 0.3 is 0 Å². The van der Waals surface area contributed by atoms with Crippen molar-refractivity contribution < 1.29 is 4.79 Å². The summed E-state index contributed by atoms with van der Waals surface area (Å²) < 4.78 is 0. The van der Waals surface area contributed by atoms with Crippen molar-refractivity contribution in [3.8, 4) is 0 Å². The molecular weight excluding hydrogens is 200 g/mol. The molecule has 0 aliphatic heterocycles. The summed E-state index contributed by atoms with van der Waals surface area (Å²) in [5.41, 5.74) is 5.49. The molecule has 0 aromatic carbocycles. The van der Waals surface area contributed by atoms with Gasteiger partial charge in [-0.15, -0.1) is 0 Å². The van der Waals surface area contributed by atoms with Crippen LogP contribution < -0.4 is 11.1 Å². The van der Waals surface area contributed by atoms with E-state index in [1.54, 1.807) is 0 Å². The van der Waals surface area contributed by atoms with E-state index in [0.717, 1.165) is 12.3 Å². The van der Waals surface area contributed by atoms with Gasteiger partial charge in [-0.1, -0.05) is 39.0 Å². The fourth-order valence-corrected chi connectivity index (χ4v) is 2.47. The molecule has 0 aromatic heterocycles. The molecule has 0 saturated heterocycles. The minimum absolute atomic E-state index is 0.0984. The van der Waals surface area contributed by atoms with E-state index >= 15 is 0 Å². The van der Waals surface area contributed by atoms with E-state index < -0.39 is 0 Å². The zero-order chi connectivity index (χ0) is 12.0. The van der Waals surface area contributed by atoms with Gasteiger partial charge in [-0.25, -0.2) is 0 Å². The second-order valence-corrected chi connectivity index (χ2v) is 5.29. The molecule has 3 nitrogen and oxygen atoms in total. The average Bonchev–Trinajstić information content (AvgIpc) is 2.30. The van der Waals surface area contributed by atoms with Crippen LogP contribution >= 0.6 is 0 Å². The Bertz CT molecular complexity index is 212. The first-order valence-electron chi connectivity index (χ1n) is 6.64. The maximum absolute atomic E-state index is 11.8. The molecule has 0 spiro atoms. The second kappa shape index (κ2) is 6.89. The molecule has 94 valence electrons. The van der Waals surface area contributed by atoms with Crippen molar-refractivity contribution in [1.29, 1.82) is 0 Å². The molecule has 0 aromatic rings. The molecule has 1 fully saturated rings. The lowest BCUT2D eigenvalue weighted by Crippen LogP contribution is -2.41. The van der Waals surface area contributed by atoms with E-state index in [9.17, 15) is 4.79 Å². The van der Waals surface area contributed by atoms with Gasteiger partial charge < -0.3 is 11.1 Å². The fourth-order valence-electron chi connectivity index (χ4n) is 2.47. The Morgan fingerprint density at radius 1 is 1.31 bits per heavy atom.